The van der Waals surface area contributed by atoms with Crippen LogP contribution in [0.2, 0.25) is 0 Å². The number of sulfonamides is 1. The Labute approximate surface area is 202 Å². The Morgan fingerprint density at radius 3 is 2.35 bits per heavy atom. The fraction of sp³-hybridized carbons (Fsp3) is 0.208. The van der Waals surface area contributed by atoms with E-state index in [9.17, 15) is 13.2 Å². The average Bonchev–Trinajstić information content (AvgIpc) is 3.36. The Morgan fingerprint density at radius 1 is 0.882 bits per heavy atom. The summed E-state index contributed by atoms with van der Waals surface area (Å²) in [7, 11) is -3.62. The zero-order chi connectivity index (χ0) is 23.5. The molecule has 2 heterocycles. The van der Waals surface area contributed by atoms with E-state index in [0.29, 0.717) is 18.2 Å². The van der Waals surface area contributed by atoms with Crippen LogP contribution in [-0.4, -0.2) is 70.2 Å². The summed E-state index contributed by atoms with van der Waals surface area (Å²) in [4.78, 5) is 14.8. The molecule has 10 heteroatoms. The summed E-state index contributed by atoms with van der Waals surface area (Å²) in [6, 6.07) is 22.6. The minimum absolute atomic E-state index is 0.0460. The quantitative estimate of drug-likeness (QED) is 0.384. The van der Waals surface area contributed by atoms with Gasteiger partial charge in [0, 0.05) is 31.9 Å². The molecular weight excluding hydrogens is 470 g/mol. The molecule has 5 rings (SSSR count). The van der Waals surface area contributed by atoms with Crippen molar-refractivity contribution in [2.24, 2.45) is 0 Å². The van der Waals surface area contributed by atoms with E-state index in [0.717, 1.165) is 16.5 Å². The van der Waals surface area contributed by atoms with Crippen molar-refractivity contribution in [3.8, 4) is 5.69 Å². The van der Waals surface area contributed by atoms with Crippen LogP contribution in [0.15, 0.2) is 89.2 Å². The van der Waals surface area contributed by atoms with Gasteiger partial charge >= 0.3 is 0 Å². The highest BCUT2D eigenvalue weighted by atomic mass is 32.2. The van der Waals surface area contributed by atoms with Crippen molar-refractivity contribution in [3.63, 3.8) is 0 Å². The van der Waals surface area contributed by atoms with Crippen molar-refractivity contribution in [3.05, 3.63) is 79.1 Å². The molecule has 0 N–H and O–H groups in total. The molecule has 8 nitrogen and oxygen atoms in total. The third-order valence-corrected chi connectivity index (χ3v) is 8.65. The number of thioether (sulfide) groups is 1. The van der Waals surface area contributed by atoms with E-state index in [2.05, 4.69) is 10.2 Å². The van der Waals surface area contributed by atoms with Crippen LogP contribution in [-0.2, 0) is 14.8 Å². The number of para-hydroxylation sites is 1. The maximum atomic E-state index is 13.2. The fourth-order valence-corrected chi connectivity index (χ4v) is 6.25. The topological polar surface area (TPSA) is 88.4 Å². The number of carbonyl (C=O) groups is 1. The van der Waals surface area contributed by atoms with Gasteiger partial charge in [-0.05, 0) is 35.0 Å². The number of hydrogen-bond acceptors (Lipinski definition) is 6. The van der Waals surface area contributed by atoms with Gasteiger partial charge in [0.2, 0.25) is 15.9 Å². The molecule has 1 saturated heterocycles. The summed E-state index contributed by atoms with van der Waals surface area (Å²) >= 11 is 1.32. The lowest BCUT2D eigenvalue weighted by Crippen LogP contribution is -2.50. The van der Waals surface area contributed by atoms with Gasteiger partial charge in [-0.2, -0.15) is 4.31 Å². The summed E-state index contributed by atoms with van der Waals surface area (Å²) in [6.45, 7) is 1.26. The second-order valence-electron chi connectivity index (χ2n) is 7.90. The molecule has 174 valence electrons. The Morgan fingerprint density at radius 2 is 1.59 bits per heavy atom. The van der Waals surface area contributed by atoms with Crippen molar-refractivity contribution in [2.75, 3.05) is 31.9 Å². The molecule has 0 spiro atoms. The molecule has 1 fully saturated rings. The first-order valence-corrected chi connectivity index (χ1v) is 13.3. The maximum absolute atomic E-state index is 13.2. The third-order valence-electron chi connectivity index (χ3n) is 5.83. The molecule has 3 aromatic carbocycles. The van der Waals surface area contributed by atoms with Crippen molar-refractivity contribution >= 4 is 38.5 Å². The van der Waals surface area contributed by atoms with Crippen LogP contribution < -0.4 is 0 Å². The van der Waals surface area contributed by atoms with E-state index in [1.165, 1.54) is 16.1 Å². The van der Waals surface area contributed by atoms with Crippen molar-refractivity contribution in [1.29, 1.82) is 0 Å². The minimum Gasteiger partial charge on any atom is -0.339 e. The lowest BCUT2D eigenvalue weighted by Gasteiger charge is -2.34. The standard InChI is InChI=1S/C24H23N5O3S2/c30-23(17-33-24-26-25-18-29(24)21-8-2-1-3-9-21)27-12-14-28(15-13-27)34(31,32)22-11-10-19-6-4-5-7-20(19)16-22/h1-11,16,18H,12-15,17H2. The maximum Gasteiger partial charge on any atom is 0.243 e. The van der Waals surface area contributed by atoms with E-state index in [-0.39, 0.29) is 29.6 Å². The van der Waals surface area contributed by atoms with Crippen molar-refractivity contribution < 1.29 is 13.2 Å². The minimum atomic E-state index is -3.62. The average molecular weight is 494 g/mol. The Kier molecular flexibility index (Phi) is 6.36. The van der Waals surface area contributed by atoms with Crippen LogP contribution in [0.5, 0.6) is 0 Å². The molecule has 0 radical (unpaired) electrons. The van der Waals surface area contributed by atoms with Crippen LogP contribution in [0.4, 0.5) is 0 Å². The van der Waals surface area contributed by atoms with Crippen LogP contribution in [0, 0.1) is 0 Å². The predicted molar refractivity (Wildman–Crippen MR) is 131 cm³/mol. The van der Waals surface area contributed by atoms with Gasteiger partial charge < -0.3 is 4.90 Å². The van der Waals surface area contributed by atoms with E-state index < -0.39 is 10.0 Å². The van der Waals surface area contributed by atoms with Crippen LogP contribution in [0.3, 0.4) is 0 Å². The number of piperazine rings is 1. The number of nitrogens with zero attached hydrogens (tertiary/aromatic N) is 5. The lowest BCUT2D eigenvalue weighted by atomic mass is 10.1. The lowest BCUT2D eigenvalue weighted by molar-refractivity contribution is -0.129. The Hall–Kier alpha value is -3.21. The zero-order valence-electron chi connectivity index (χ0n) is 18.3. The zero-order valence-corrected chi connectivity index (χ0v) is 20.0. The molecule has 0 atom stereocenters. The van der Waals surface area contributed by atoms with Crippen LogP contribution >= 0.6 is 11.8 Å². The molecule has 0 aliphatic carbocycles. The SMILES string of the molecule is O=C(CSc1nncn1-c1ccccc1)N1CCN(S(=O)(=O)c2ccc3ccccc3c2)CC1. The number of fused-ring (bicyclic) bond motifs is 1. The summed E-state index contributed by atoms with van der Waals surface area (Å²) in [5, 5.41) is 10.6. The van der Waals surface area contributed by atoms with E-state index in [1.54, 1.807) is 23.4 Å². The van der Waals surface area contributed by atoms with Crippen LogP contribution in [0.1, 0.15) is 0 Å². The predicted octanol–water partition coefficient (Wildman–Crippen LogP) is 3.05. The molecule has 0 unspecified atom stereocenters. The normalized spacial score (nSPS) is 15.0. The van der Waals surface area contributed by atoms with Crippen LogP contribution in [0.25, 0.3) is 16.5 Å². The van der Waals surface area contributed by atoms with E-state index in [1.807, 2.05) is 65.2 Å². The number of carbonyl (C=O) groups excluding carboxylic acids is 1. The summed E-state index contributed by atoms with van der Waals surface area (Å²) in [6.07, 6.45) is 1.62. The first-order valence-electron chi connectivity index (χ1n) is 10.9. The number of hydrogen-bond donors (Lipinski definition) is 0. The van der Waals surface area contributed by atoms with E-state index in [4.69, 9.17) is 0 Å². The monoisotopic (exact) mass is 493 g/mol. The highest BCUT2D eigenvalue weighted by Crippen LogP contribution is 2.24. The molecule has 34 heavy (non-hydrogen) atoms. The second-order valence-corrected chi connectivity index (χ2v) is 10.8. The van der Waals surface area contributed by atoms with Gasteiger partial charge in [0.1, 0.15) is 6.33 Å². The van der Waals surface area contributed by atoms with Gasteiger partial charge in [-0.25, -0.2) is 8.42 Å². The largest absolute Gasteiger partial charge is 0.339 e. The number of rotatable bonds is 6. The van der Waals surface area contributed by atoms with Gasteiger partial charge in [-0.1, -0.05) is 60.3 Å². The molecule has 1 amide bonds. The molecule has 0 saturated carbocycles. The molecule has 1 aromatic heterocycles. The summed E-state index contributed by atoms with van der Waals surface area (Å²) < 4.78 is 29.6. The fourth-order valence-electron chi connectivity index (χ4n) is 3.96. The smallest absolute Gasteiger partial charge is 0.243 e. The third kappa shape index (κ3) is 4.56. The van der Waals surface area contributed by atoms with Gasteiger partial charge in [0.25, 0.3) is 0 Å². The highest BCUT2D eigenvalue weighted by Gasteiger charge is 2.30. The molecule has 1 aliphatic heterocycles. The molecular formula is C24H23N5O3S2. The summed E-state index contributed by atoms with van der Waals surface area (Å²) in [5.41, 5.74) is 0.926. The first kappa shape index (κ1) is 22.6. The van der Waals surface area contributed by atoms with Gasteiger partial charge in [0.05, 0.1) is 10.6 Å². The number of aromatic nitrogens is 3. The number of amides is 1. The first-order chi connectivity index (χ1) is 16.5. The van der Waals surface area contributed by atoms with Crippen molar-refractivity contribution in [1.82, 2.24) is 24.0 Å². The van der Waals surface area contributed by atoms with Gasteiger partial charge in [-0.15, -0.1) is 10.2 Å². The van der Waals surface area contributed by atoms with E-state index >= 15 is 0 Å². The second kappa shape index (κ2) is 9.57. The Bertz CT molecular complexity index is 1410. The Balaban J connectivity index is 1.20. The summed E-state index contributed by atoms with van der Waals surface area (Å²) in [5.74, 6) is 0.165. The number of benzene rings is 3. The van der Waals surface area contributed by atoms with Crippen molar-refractivity contribution in [2.45, 2.75) is 10.1 Å². The molecule has 0 bridgehead atoms. The molecule has 1 aliphatic rings. The highest BCUT2D eigenvalue weighted by molar-refractivity contribution is 7.99. The molecule has 4 aromatic rings. The van der Waals surface area contributed by atoms with Gasteiger partial charge in [0.15, 0.2) is 5.16 Å². The van der Waals surface area contributed by atoms with Gasteiger partial charge in [-0.3, -0.25) is 9.36 Å².